The van der Waals surface area contributed by atoms with E-state index in [0.717, 1.165) is 42.6 Å². The maximum atomic E-state index is 10.6. The van der Waals surface area contributed by atoms with Gasteiger partial charge in [-0.05, 0) is 42.6 Å². The van der Waals surface area contributed by atoms with Crippen LogP contribution < -0.4 is 0 Å². The lowest BCUT2D eigenvalue weighted by Gasteiger charge is -2.30. The van der Waals surface area contributed by atoms with Gasteiger partial charge in [0.1, 0.15) is 0 Å². The van der Waals surface area contributed by atoms with Gasteiger partial charge in [0.15, 0.2) is 5.79 Å². The van der Waals surface area contributed by atoms with Crippen LogP contribution in [0.15, 0.2) is 54.6 Å². The Morgan fingerprint density at radius 2 is 1.42 bits per heavy atom. The quantitative estimate of drug-likeness (QED) is 0.828. The Morgan fingerprint density at radius 1 is 0.792 bits per heavy atom. The van der Waals surface area contributed by atoms with Crippen LogP contribution in [-0.2, 0) is 6.42 Å². The molecule has 3 heteroatoms. The first-order valence-electron chi connectivity index (χ1n) is 8.94. The first kappa shape index (κ1) is 17.2. The molecule has 1 saturated heterocycles. The van der Waals surface area contributed by atoms with E-state index >= 15 is 0 Å². The molecule has 0 aliphatic carbocycles. The molecule has 0 saturated carbocycles. The fraction of sp³-hybridized carbons (Fsp3) is 0.429. The Balaban J connectivity index is 1.75. The van der Waals surface area contributed by atoms with Crippen LogP contribution in [0, 0.1) is 0 Å². The summed E-state index contributed by atoms with van der Waals surface area (Å²) in [5.74, 6) is -1.70. The van der Waals surface area contributed by atoms with Gasteiger partial charge >= 0.3 is 0 Å². The minimum atomic E-state index is -1.70. The fourth-order valence-corrected chi connectivity index (χ4v) is 3.59. The predicted octanol–water partition coefficient (Wildman–Crippen LogP) is 3.45. The zero-order valence-corrected chi connectivity index (χ0v) is 14.2. The highest BCUT2D eigenvalue weighted by atomic mass is 16.5. The molecule has 24 heavy (non-hydrogen) atoms. The van der Waals surface area contributed by atoms with Crippen molar-refractivity contribution in [1.29, 1.82) is 0 Å². The molecule has 3 nitrogen and oxygen atoms in total. The van der Waals surface area contributed by atoms with Crippen molar-refractivity contribution in [2.75, 3.05) is 19.6 Å². The summed E-state index contributed by atoms with van der Waals surface area (Å²) in [6, 6.07) is 18.1. The maximum absolute atomic E-state index is 10.6. The second-order valence-electron chi connectivity index (χ2n) is 6.87. The van der Waals surface area contributed by atoms with E-state index in [9.17, 15) is 10.2 Å². The fourth-order valence-electron chi connectivity index (χ4n) is 3.59. The maximum Gasteiger partial charge on any atom is 0.179 e. The lowest BCUT2D eigenvalue weighted by atomic mass is 9.94. The summed E-state index contributed by atoms with van der Waals surface area (Å²) >= 11 is 0. The number of hydrogen-bond donors (Lipinski definition) is 2. The number of hydrogen-bond acceptors (Lipinski definition) is 3. The predicted molar refractivity (Wildman–Crippen MR) is 97.7 cm³/mol. The van der Waals surface area contributed by atoms with E-state index < -0.39 is 5.79 Å². The van der Waals surface area contributed by atoms with Crippen LogP contribution in [0.3, 0.4) is 0 Å². The van der Waals surface area contributed by atoms with E-state index in [2.05, 4.69) is 17.0 Å². The normalized spacial score (nSPS) is 16.8. The molecule has 2 aromatic carbocycles. The van der Waals surface area contributed by atoms with Gasteiger partial charge in [0.2, 0.25) is 0 Å². The number of rotatable bonds is 5. The number of β-amino-alcohol motifs (C(OH)–C–C–N with tert-alkyl or cyclic N) is 2. The van der Waals surface area contributed by atoms with Gasteiger partial charge in [0, 0.05) is 6.42 Å². The van der Waals surface area contributed by atoms with E-state index in [-0.39, 0.29) is 6.42 Å². The summed E-state index contributed by atoms with van der Waals surface area (Å²) < 4.78 is 0. The molecule has 0 spiro atoms. The van der Waals surface area contributed by atoms with E-state index in [0.29, 0.717) is 6.54 Å². The highest BCUT2D eigenvalue weighted by molar-refractivity contribution is 5.67. The SMILES string of the molecule is OC(O)(Cc1ccccc1-c1ccccc1)CN1CCCCCC1. The zero-order chi connectivity index (χ0) is 16.8. The molecular weight excluding hydrogens is 298 g/mol. The smallest absolute Gasteiger partial charge is 0.179 e. The molecule has 3 rings (SSSR count). The Labute approximate surface area is 144 Å². The van der Waals surface area contributed by atoms with Gasteiger partial charge in [-0.3, -0.25) is 4.90 Å². The first-order chi connectivity index (χ1) is 11.6. The second-order valence-corrected chi connectivity index (χ2v) is 6.87. The van der Waals surface area contributed by atoms with Crippen molar-refractivity contribution in [3.05, 3.63) is 60.2 Å². The van der Waals surface area contributed by atoms with Gasteiger partial charge in [0.25, 0.3) is 0 Å². The van der Waals surface area contributed by atoms with Gasteiger partial charge in [-0.1, -0.05) is 67.4 Å². The minimum absolute atomic E-state index is 0.245. The van der Waals surface area contributed by atoms with Crippen LogP contribution in [0.25, 0.3) is 11.1 Å². The number of likely N-dealkylation sites (tertiary alicyclic amines) is 1. The largest absolute Gasteiger partial charge is 0.364 e. The second kappa shape index (κ2) is 7.93. The molecule has 128 valence electrons. The van der Waals surface area contributed by atoms with Gasteiger partial charge in [-0.2, -0.15) is 0 Å². The van der Waals surface area contributed by atoms with Crippen molar-refractivity contribution in [3.63, 3.8) is 0 Å². The summed E-state index contributed by atoms with van der Waals surface area (Å²) in [5.41, 5.74) is 3.16. The molecule has 2 N–H and O–H groups in total. The average Bonchev–Trinajstić information content (AvgIpc) is 2.84. The zero-order valence-electron chi connectivity index (χ0n) is 14.2. The van der Waals surface area contributed by atoms with Crippen molar-refractivity contribution in [2.24, 2.45) is 0 Å². The molecule has 1 heterocycles. The monoisotopic (exact) mass is 325 g/mol. The summed E-state index contributed by atoms with van der Waals surface area (Å²) in [4.78, 5) is 2.19. The molecule has 0 unspecified atom stereocenters. The van der Waals surface area contributed by atoms with E-state index in [1.165, 1.54) is 12.8 Å². The van der Waals surface area contributed by atoms with Crippen LogP contribution in [0.5, 0.6) is 0 Å². The molecule has 0 radical (unpaired) electrons. The minimum Gasteiger partial charge on any atom is -0.364 e. The topological polar surface area (TPSA) is 43.7 Å². The number of nitrogens with zero attached hydrogens (tertiary/aromatic N) is 1. The molecule has 1 aliphatic heterocycles. The summed E-state index contributed by atoms with van der Waals surface area (Å²) in [6.45, 7) is 2.24. The number of benzene rings is 2. The van der Waals surface area contributed by atoms with Crippen molar-refractivity contribution >= 4 is 0 Å². The van der Waals surface area contributed by atoms with Gasteiger partial charge in [0.05, 0.1) is 6.54 Å². The van der Waals surface area contributed by atoms with E-state index in [4.69, 9.17) is 0 Å². The Hall–Kier alpha value is -1.68. The van der Waals surface area contributed by atoms with Crippen molar-refractivity contribution in [3.8, 4) is 11.1 Å². The van der Waals surface area contributed by atoms with Gasteiger partial charge in [-0.25, -0.2) is 0 Å². The summed E-state index contributed by atoms with van der Waals surface area (Å²) in [6.07, 6.45) is 5.04. The molecule has 0 atom stereocenters. The van der Waals surface area contributed by atoms with Crippen LogP contribution in [0.1, 0.15) is 31.2 Å². The molecule has 0 bridgehead atoms. The van der Waals surface area contributed by atoms with Crippen molar-refractivity contribution in [2.45, 2.75) is 37.9 Å². The third-order valence-electron chi connectivity index (χ3n) is 4.75. The lowest BCUT2D eigenvalue weighted by Crippen LogP contribution is -2.45. The molecule has 0 amide bonds. The highest BCUT2D eigenvalue weighted by Gasteiger charge is 2.28. The van der Waals surface area contributed by atoms with E-state index in [1.807, 2.05) is 42.5 Å². The third-order valence-corrected chi connectivity index (χ3v) is 4.75. The standard InChI is InChI=1S/C21H27NO2/c23-21(24,17-22-14-8-1-2-9-15-22)16-19-12-6-7-13-20(19)18-10-4-3-5-11-18/h3-7,10-13,23-24H,1-2,8-9,14-17H2. The average molecular weight is 325 g/mol. The highest BCUT2D eigenvalue weighted by Crippen LogP contribution is 2.26. The van der Waals surface area contributed by atoms with Crippen molar-refractivity contribution in [1.82, 2.24) is 4.90 Å². The molecule has 1 fully saturated rings. The van der Waals surface area contributed by atoms with Gasteiger partial charge in [-0.15, -0.1) is 0 Å². The molecule has 0 aromatic heterocycles. The Bertz CT molecular complexity index is 631. The summed E-state index contributed by atoms with van der Waals surface area (Å²) in [7, 11) is 0. The molecule has 1 aliphatic rings. The van der Waals surface area contributed by atoms with Gasteiger partial charge < -0.3 is 10.2 Å². The van der Waals surface area contributed by atoms with Crippen LogP contribution >= 0.6 is 0 Å². The lowest BCUT2D eigenvalue weighted by molar-refractivity contribution is -0.172. The van der Waals surface area contributed by atoms with Crippen molar-refractivity contribution < 1.29 is 10.2 Å². The molecule has 2 aromatic rings. The molecular formula is C21H27NO2. The van der Waals surface area contributed by atoms with Crippen LogP contribution in [-0.4, -0.2) is 40.5 Å². The van der Waals surface area contributed by atoms with E-state index in [1.54, 1.807) is 0 Å². The van der Waals surface area contributed by atoms with Crippen LogP contribution in [0.2, 0.25) is 0 Å². The summed E-state index contributed by atoms with van der Waals surface area (Å²) in [5, 5.41) is 21.2. The van der Waals surface area contributed by atoms with Crippen LogP contribution in [0.4, 0.5) is 0 Å². The third kappa shape index (κ3) is 4.67. The Kier molecular flexibility index (Phi) is 5.67. The Morgan fingerprint density at radius 3 is 2.12 bits per heavy atom. The number of aliphatic hydroxyl groups is 2. The first-order valence-corrected chi connectivity index (χ1v) is 8.94.